The molecule has 0 aromatic heterocycles. The maximum Gasteiger partial charge on any atom is 0.573 e. The van der Waals surface area contributed by atoms with Gasteiger partial charge in [0.25, 0.3) is 0 Å². The van der Waals surface area contributed by atoms with E-state index in [-0.39, 0.29) is 42.7 Å². The molecule has 0 saturated heterocycles. The van der Waals surface area contributed by atoms with Crippen LogP contribution < -0.4 is 14.8 Å². The third-order valence-corrected chi connectivity index (χ3v) is 4.12. The maximum absolute atomic E-state index is 12.9. The number of anilines is 1. The Bertz CT molecular complexity index is 1020. The van der Waals surface area contributed by atoms with E-state index < -0.39 is 6.36 Å². The number of nitrogens with one attached hydrogen (secondary N) is 1. The SMILES string of the molecule is O=C(CCOCc1ccccc1OC(F)(F)F)Nc1ccc(Oc2ccc(F)cc2)cc1. The Morgan fingerprint density at radius 1 is 0.875 bits per heavy atom. The van der Waals surface area contributed by atoms with Crippen molar-refractivity contribution in [1.29, 1.82) is 0 Å². The average Bonchev–Trinajstić information content (AvgIpc) is 2.74. The largest absolute Gasteiger partial charge is 0.573 e. The molecule has 5 nitrogen and oxygen atoms in total. The molecule has 32 heavy (non-hydrogen) atoms. The first-order chi connectivity index (χ1) is 15.3. The Labute approximate surface area is 181 Å². The molecular formula is C23H19F4NO4. The number of para-hydroxylation sites is 1. The van der Waals surface area contributed by atoms with Gasteiger partial charge >= 0.3 is 6.36 Å². The zero-order chi connectivity index (χ0) is 23.0. The minimum absolute atomic E-state index is 0.0100. The number of hydrogen-bond donors (Lipinski definition) is 1. The van der Waals surface area contributed by atoms with E-state index >= 15 is 0 Å². The van der Waals surface area contributed by atoms with Crippen LogP contribution in [0.15, 0.2) is 72.8 Å². The number of amides is 1. The monoisotopic (exact) mass is 449 g/mol. The Kier molecular flexibility index (Phi) is 7.67. The second-order valence-electron chi connectivity index (χ2n) is 6.59. The highest BCUT2D eigenvalue weighted by Gasteiger charge is 2.31. The summed E-state index contributed by atoms with van der Waals surface area (Å²) >= 11 is 0. The lowest BCUT2D eigenvalue weighted by atomic mass is 10.2. The van der Waals surface area contributed by atoms with Crippen LogP contribution in [0.1, 0.15) is 12.0 Å². The molecular weight excluding hydrogens is 430 g/mol. The van der Waals surface area contributed by atoms with Gasteiger partial charge in [-0.2, -0.15) is 0 Å². The molecule has 0 unspecified atom stereocenters. The number of ether oxygens (including phenoxy) is 3. The van der Waals surface area contributed by atoms with Gasteiger partial charge in [0.15, 0.2) is 0 Å². The van der Waals surface area contributed by atoms with Crippen molar-refractivity contribution in [2.24, 2.45) is 0 Å². The van der Waals surface area contributed by atoms with Crippen molar-refractivity contribution in [3.05, 3.63) is 84.2 Å². The fraction of sp³-hybridized carbons (Fsp3) is 0.174. The standard InChI is InChI=1S/C23H19F4NO4/c24-17-5-9-19(10-6-17)31-20-11-7-18(8-12-20)28-22(29)13-14-30-15-16-3-1-2-4-21(16)32-23(25,26)27/h1-12H,13-15H2,(H,28,29). The molecule has 3 rings (SSSR count). The van der Waals surface area contributed by atoms with E-state index in [1.165, 1.54) is 42.5 Å². The number of carbonyl (C=O) groups excluding carboxylic acids is 1. The minimum Gasteiger partial charge on any atom is -0.457 e. The molecule has 3 aromatic carbocycles. The number of halogens is 4. The Balaban J connectivity index is 1.42. The van der Waals surface area contributed by atoms with Crippen molar-refractivity contribution >= 4 is 11.6 Å². The molecule has 0 spiro atoms. The lowest BCUT2D eigenvalue weighted by Crippen LogP contribution is -2.18. The van der Waals surface area contributed by atoms with E-state index in [0.717, 1.165) is 0 Å². The molecule has 0 heterocycles. The van der Waals surface area contributed by atoms with Crippen LogP contribution in [0.4, 0.5) is 23.2 Å². The van der Waals surface area contributed by atoms with Gasteiger partial charge in [-0.1, -0.05) is 18.2 Å². The van der Waals surface area contributed by atoms with Crippen LogP contribution in [0.5, 0.6) is 17.2 Å². The summed E-state index contributed by atoms with van der Waals surface area (Å²) in [6.07, 6.45) is -4.79. The normalized spacial score (nSPS) is 11.1. The van der Waals surface area contributed by atoms with Crippen LogP contribution in [-0.4, -0.2) is 18.9 Å². The summed E-state index contributed by atoms with van der Waals surface area (Å²) in [5.74, 6) is -0.0390. The van der Waals surface area contributed by atoms with E-state index in [1.807, 2.05) is 0 Å². The molecule has 0 aliphatic heterocycles. The summed E-state index contributed by atoms with van der Waals surface area (Å²) < 4.78 is 65.1. The van der Waals surface area contributed by atoms with Gasteiger partial charge in [-0.25, -0.2) is 4.39 Å². The minimum atomic E-state index is -4.80. The molecule has 0 aliphatic carbocycles. The van der Waals surface area contributed by atoms with Crippen LogP contribution in [-0.2, 0) is 16.1 Å². The second kappa shape index (κ2) is 10.6. The Hall–Kier alpha value is -3.59. The third kappa shape index (κ3) is 7.59. The van der Waals surface area contributed by atoms with E-state index in [9.17, 15) is 22.4 Å². The van der Waals surface area contributed by atoms with Gasteiger partial charge in [0.05, 0.1) is 19.6 Å². The van der Waals surface area contributed by atoms with Crippen molar-refractivity contribution in [3.63, 3.8) is 0 Å². The first kappa shape index (κ1) is 23.1. The van der Waals surface area contributed by atoms with Crippen molar-refractivity contribution in [2.75, 3.05) is 11.9 Å². The van der Waals surface area contributed by atoms with Crippen molar-refractivity contribution < 1.29 is 36.6 Å². The summed E-state index contributed by atoms with van der Waals surface area (Å²) in [6.45, 7) is -0.118. The van der Waals surface area contributed by atoms with Gasteiger partial charge in [-0.15, -0.1) is 13.2 Å². The van der Waals surface area contributed by atoms with E-state index in [0.29, 0.717) is 17.2 Å². The zero-order valence-corrected chi connectivity index (χ0v) is 16.7. The number of hydrogen-bond acceptors (Lipinski definition) is 4. The van der Waals surface area contributed by atoms with Crippen LogP contribution in [0.3, 0.4) is 0 Å². The third-order valence-electron chi connectivity index (χ3n) is 4.12. The van der Waals surface area contributed by atoms with Gasteiger partial charge in [0.2, 0.25) is 5.91 Å². The quantitative estimate of drug-likeness (QED) is 0.319. The van der Waals surface area contributed by atoms with E-state index in [1.54, 1.807) is 30.3 Å². The fourth-order valence-electron chi connectivity index (χ4n) is 2.66. The van der Waals surface area contributed by atoms with Crippen molar-refractivity contribution in [2.45, 2.75) is 19.4 Å². The van der Waals surface area contributed by atoms with Crippen LogP contribution in [0.2, 0.25) is 0 Å². The Morgan fingerprint density at radius 2 is 1.50 bits per heavy atom. The fourth-order valence-corrected chi connectivity index (χ4v) is 2.66. The summed E-state index contributed by atoms with van der Waals surface area (Å²) in [5.41, 5.74) is 0.757. The highest BCUT2D eigenvalue weighted by Crippen LogP contribution is 2.27. The van der Waals surface area contributed by atoms with Crippen LogP contribution in [0.25, 0.3) is 0 Å². The predicted molar refractivity (Wildman–Crippen MR) is 109 cm³/mol. The lowest BCUT2D eigenvalue weighted by molar-refractivity contribution is -0.275. The first-order valence-corrected chi connectivity index (χ1v) is 9.53. The molecule has 0 aliphatic rings. The molecule has 0 radical (unpaired) electrons. The highest BCUT2D eigenvalue weighted by molar-refractivity contribution is 5.90. The molecule has 168 valence electrons. The molecule has 0 atom stereocenters. The highest BCUT2D eigenvalue weighted by atomic mass is 19.4. The smallest absolute Gasteiger partial charge is 0.457 e. The predicted octanol–water partition coefficient (Wildman–Crippen LogP) is 6.06. The van der Waals surface area contributed by atoms with Gasteiger partial charge in [0.1, 0.15) is 23.1 Å². The van der Waals surface area contributed by atoms with Crippen LogP contribution >= 0.6 is 0 Å². The zero-order valence-electron chi connectivity index (χ0n) is 16.7. The number of benzene rings is 3. The molecule has 9 heteroatoms. The van der Waals surface area contributed by atoms with Gasteiger partial charge in [-0.05, 0) is 54.6 Å². The lowest BCUT2D eigenvalue weighted by Gasteiger charge is -2.13. The second-order valence-corrected chi connectivity index (χ2v) is 6.59. The summed E-state index contributed by atoms with van der Waals surface area (Å²) in [7, 11) is 0. The number of alkyl halides is 3. The molecule has 1 amide bonds. The van der Waals surface area contributed by atoms with E-state index in [2.05, 4.69) is 10.1 Å². The van der Waals surface area contributed by atoms with Crippen LogP contribution in [0, 0.1) is 5.82 Å². The molecule has 0 fully saturated rings. The topological polar surface area (TPSA) is 56.8 Å². The van der Waals surface area contributed by atoms with Crippen molar-refractivity contribution in [3.8, 4) is 17.2 Å². The summed E-state index contributed by atoms with van der Waals surface area (Å²) in [4.78, 5) is 12.1. The Morgan fingerprint density at radius 3 is 2.16 bits per heavy atom. The van der Waals surface area contributed by atoms with Gasteiger partial charge in [0, 0.05) is 11.3 Å². The first-order valence-electron chi connectivity index (χ1n) is 9.53. The van der Waals surface area contributed by atoms with Gasteiger partial charge < -0.3 is 19.5 Å². The van der Waals surface area contributed by atoms with Gasteiger partial charge in [-0.3, -0.25) is 4.79 Å². The summed E-state index contributed by atoms with van der Waals surface area (Å²) in [6, 6.07) is 17.8. The van der Waals surface area contributed by atoms with Crippen molar-refractivity contribution in [1.82, 2.24) is 0 Å². The number of carbonyl (C=O) groups is 1. The van der Waals surface area contributed by atoms with E-state index in [4.69, 9.17) is 9.47 Å². The molecule has 0 saturated carbocycles. The molecule has 3 aromatic rings. The molecule has 1 N–H and O–H groups in total. The summed E-state index contributed by atoms with van der Waals surface area (Å²) in [5, 5.41) is 2.68. The number of rotatable bonds is 9. The maximum atomic E-state index is 12.9. The molecule has 0 bridgehead atoms. The average molecular weight is 449 g/mol.